The minimum atomic E-state index is -0.301. The standard InChI is InChI=1S/C27H40O3/c1-16-7-12-27(29-15-16)17(2)24-23(30-27)14-22-20-6-5-18-13-19(28)8-10-25(18,3)21(20)9-11-26(22,24)4/h13,16-17,20-24H,5-12,14-15H2,1-4H3/t16-,17+,20?,21?,22?,23?,24?,25+,26+,27-/m1/s1. The van der Waals surface area contributed by atoms with Gasteiger partial charge in [0.2, 0.25) is 0 Å². The Hall–Kier alpha value is -0.670. The van der Waals surface area contributed by atoms with Crippen LogP contribution in [0, 0.1) is 46.3 Å². The molecule has 5 unspecified atom stereocenters. The second-order valence-electron chi connectivity index (χ2n) is 12.5. The number of ketones is 1. The summed E-state index contributed by atoms with van der Waals surface area (Å²) in [4.78, 5) is 12.1. The van der Waals surface area contributed by atoms with Gasteiger partial charge < -0.3 is 9.47 Å². The Kier molecular flexibility index (Phi) is 4.29. The van der Waals surface area contributed by atoms with E-state index in [1.165, 1.54) is 37.7 Å². The van der Waals surface area contributed by atoms with Crippen LogP contribution in [0.25, 0.3) is 0 Å². The van der Waals surface area contributed by atoms with Crippen molar-refractivity contribution in [2.75, 3.05) is 6.61 Å². The molecule has 0 amide bonds. The summed E-state index contributed by atoms with van der Waals surface area (Å²) in [6.45, 7) is 10.7. The summed E-state index contributed by atoms with van der Waals surface area (Å²) in [6, 6.07) is 0. The van der Waals surface area contributed by atoms with Gasteiger partial charge in [0.25, 0.3) is 0 Å². The first-order valence-electron chi connectivity index (χ1n) is 12.8. The van der Waals surface area contributed by atoms with Crippen LogP contribution in [0.2, 0.25) is 0 Å². The Morgan fingerprint density at radius 2 is 1.83 bits per heavy atom. The van der Waals surface area contributed by atoms with Gasteiger partial charge in [-0.25, -0.2) is 0 Å². The Morgan fingerprint density at radius 1 is 1.00 bits per heavy atom. The van der Waals surface area contributed by atoms with Gasteiger partial charge >= 0.3 is 0 Å². The molecular formula is C27H40O3. The summed E-state index contributed by atoms with van der Waals surface area (Å²) in [5.74, 6) is 4.24. The van der Waals surface area contributed by atoms with Gasteiger partial charge in [-0.1, -0.05) is 33.3 Å². The Morgan fingerprint density at radius 3 is 2.60 bits per heavy atom. The van der Waals surface area contributed by atoms with Crippen LogP contribution in [-0.4, -0.2) is 24.3 Å². The smallest absolute Gasteiger partial charge is 0.171 e. The highest BCUT2D eigenvalue weighted by Gasteiger charge is 2.68. The van der Waals surface area contributed by atoms with E-state index in [2.05, 4.69) is 27.7 Å². The Balaban J connectivity index is 1.28. The molecule has 4 aliphatic carbocycles. The maximum Gasteiger partial charge on any atom is 0.171 e. The van der Waals surface area contributed by atoms with Crippen LogP contribution in [-0.2, 0) is 14.3 Å². The lowest BCUT2D eigenvalue weighted by Crippen LogP contribution is -2.52. The largest absolute Gasteiger partial charge is 0.349 e. The number of hydrogen-bond donors (Lipinski definition) is 0. The minimum Gasteiger partial charge on any atom is -0.349 e. The lowest BCUT2D eigenvalue weighted by Gasteiger charge is -2.58. The molecule has 2 saturated heterocycles. The SMILES string of the molecule is C[C@@H]1CC[C@@]2(OC1)OC1CC3C4CCC5=CC(=O)CC[C@]5(C)C4CC[C@]3(C)C1[C@@H]2C. The van der Waals surface area contributed by atoms with Crippen molar-refractivity contribution < 1.29 is 14.3 Å². The van der Waals surface area contributed by atoms with Crippen LogP contribution in [0.15, 0.2) is 11.6 Å². The first kappa shape index (κ1) is 20.0. The molecule has 0 aromatic carbocycles. The quantitative estimate of drug-likeness (QED) is 0.495. The molecule has 0 aromatic heterocycles. The number of fused-ring (bicyclic) bond motifs is 7. The van der Waals surface area contributed by atoms with Crippen LogP contribution in [0.5, 0.6) is 0 Å². The lowest BCUT2D eigenvalue weighted by molar-refractivity contribution is -0.272. The van der Waals surface area contributed by atoms with E-state index in [9.17, 15) is 4.79 Å². The monoisotopic (exact) mass is 412 g/mol. The first-order chi connectivity index (χ1) is 14.3. The molecule has 3 heteroatoms. The summed E-state index contributed by atoms with van der Waals surface area (Å²) in [7, 11) is 0. The minimum absolute atomic E-state index is 0.270. The van der Waals surface area contributed by atoms with Crippen molar-refractivity contribution in [1.82, 2.24) is 0 Å². The molecule has 3 nitrogen and oxygen atoms in total. The van der Waals surface area contributed by atoms with Crippen LogP contribution in [0.3, 0.4) is 0 Å². The van der Waals surface area contributed by atoms with Crippen LogP contribution in [0.4, 0.5) is 0 Å². The number of carbonyl (C=O) groups is 1. The van der Waals surface area contributed by atoms with Crippen LogP contribution >= 0.6 is 0 Å². The molecule has 0 aromatic rings. The zero-order chi connectivity index (χ0) is 20.9. The molecule has 1 spiro atoms. The number of ether oxygens (including phenoxy) is 2. The topological polar surface area (TPSA) is 35.5 Å². The van der Waals surface area contributed by atoms with Crippen molar-refractivity contribution in [2.45, 2.75) is 97.4 Å². The van der Waals surface area contributed by atoms with Crippen molar-refractivity contribution in [2.24, 2.45) is 46.3 Å². The van der Waals surface area contributed by atoms with Gasteiger partial charge in [0.15, 0.2) is 11.6 Å². The molecule has 0 N–H and O–H groups in total. The fourth-order valence-corrected chi connectivity index (χ4v) is 9.58. The summed E-state index contributed by atoms with van der Waals surface area (Å²) < 4.78 is 13.3. The predicted molar refractivity (Wildman–Crippen MR) is 117 cm³/mol. The summed E-state index contributed by atoms with van der Waals surface area (Å²) >= 11 is 0. The molecule has 0 radical (unpaired) electrons. The van der Waals surface area contributed by atoms with E-state index in [-0.39, 0.29) is 11.2 Å². The van der Waals surface area contributed by atoms with Gasteiger partial charge in [-0.05, 0) is 91.4 Å². The zero-order valence-electron chi connectivity index (χ0n) is 19.4. The molecule has 30 heavy (non-hydrogen) atoms. The predicted octanol–water partition coefficient (Wildman–Crippen LogP) is 5.92. The summed E-state index contributed by atoms with van der Waals surface area (Å²) in [5, 5.41) is 0. The van der Waals surface area contributed by atoms with Gasteiger partial charge in [-0.3, -0.25) is 4.79 Å². The Labute approximate surface area is 182 Å². The average molecular weight is 413 g/mol. The summed E-state index contributed by atoms with van der Waals surface area (Å²) in [6.07, 6.45) is 12.9. The molecule has 2 heterocycles. The third-order valence-electron chi connectivity index (χ3n) is 11.2. The van der Waals surface area contributed by atoms with E-state index in [4.69, 9.17) is 9.47 Å². The van der Waals surface area contributed by atoms with Gasteiger partial charge in [-0.2, -0.15) is 0 Å². The first-order valence-corrected chi connectivity index (χ1v) is 12.8. The van der Waals surface area contributed by atoms with Gasteiger partial charge in [0.05, 0.1) is 12.7 Å². The molecular weight excluding hydrogens is 372 g/mol. The molecule has 0 bridgehead atoms. The van der Waals surface area contributed by atoms with E-state index in [0.29, 0.717) is 35.1 Å². The molecule has 6 aliphatic rings. The number of hydrogen-bond acceptors (Lipinski definition) is 3. The van der Waals surface area contributed by atoms with Crippen LogP contribution < -0.4 is 0 Å². The normalized spacial score (nSPS) is 57.4. The lowest BCUT2D eigenvalue weighted by atomic mass is 9.46. The van der Waals surface area contributed by atoms with Crippen molar-refractivity contribution in [3.63, 3.8) is 0 Å². The number of carbonyl (C=O) groups excluding carboxylic acids is 1. The Bertz CT molecular complexity index is 777. The summed E-state index contributed by atoms with van der Waals surface area (Å²) in [5.41, 5.74) is 2.14. The zero-order valence-corrected chi connectivity index (χ0v) is 19.4. The molecule has 3 saturated carbocycles. The molecule has 5 fully saturated rings. The number of rotatable bonds is 0. The van der Waals surface area contributed by atoms with E-state index in [1.54, 1.807) is 0 Å². The van der Waals surface area contributed by atoms with Crippen molar-refractivity contribution in [3.8, 4) is 0 Å². The maximum absolute atomic E-state index is 12.1. The van der Waals surface area contributed by atoms with Gasteiger partial charge in [0, 0.05) is 18.8 Å². The molecule has 10 atom stereocenters. The molecule has 166 valence electrons. The maximum atomic E-state index is 12.1. The second kappa shape index (κ2) is 6.44. The average Bonchev–Trinajstić information content (AvgIpc) is 3.16. The van der Waals surface area contributed by atoms with E-state index in [1.807, 2.05) is 6.08 Å². The molecule has 6 rings (SSSR count). The highest BCUT2D eigenvalue weighted by Crippen LogP contribution is 2.70. The number of allylic oxidation sites excluding steroid dienone is 1. The second-order valence-corrected chi connectivity index (χ2v) is 12.5. The highest BCUT2D eigenvalue weighted by molar-refractivity contribution is 5.91. The van der Waals surface area contributed by atoms with Crippen molar-refractivity contribution >= 4 is 5.78 Å². The van der Waals surface area contributed by atoms with Crippen molar-refractivity contribution in [1.29, 1.82) is 0 Å². The third kappa shape index (κ3) is 2.48. The van der Waals surface area contributed by atoms with Crippen molar-refractivity contribution in [3.05, 3.63) is 11.6 Å². The highest BCUT2D eigenvalue weighted by atomic mass is 16.7. The van der Waals surface area contributed by atoms with Crippen LogP contribution in [0.1, 0.15) is 85.5 Å². The van der Waals surface area contributed by atoms with E-state index in [0.717, 1.165) is 50.0 Å². The van der Waals surface area contributed by atoms with Gasteiger partial charge in [-0.15, -0.1) is 0 Å². The third-order valence-corrected chi connectivity index (χ3v) is 11.2. The van der Waals surface area contributed by atoms with E-state index < -0.39 is 0 Å². The van der Waals surface area contributed by atoms with Gasteiger partial charge in [0.1, 0.15) is 0 Å². The molecule has 2 aliphatic heterocycles. The fourth-order valence-electron chi connectivity index (χ4n) is 9.58. The van der Waals surface area contributed by atoms with E-state index >= 15 is 0 Å². The fraction of sp³-hybridized carbons (Fsp3) is 0.889.